The molecule has 9 heteroatoms. The zero-order valence-electron chi connectivity index (χ0n) is 15.5. The quantitative estimate of drug-likeness (QED) is 0.767. The van der Waals surface area contributed by atoms with E-state index in [2.05, 4.69) is 17.6 Å². The predicted octanol–water partition coefficient (Wildman–Crippen LogP) is 3.10. The Morgan fingerprint density at radius 2 is 2.04 bits per heavy atom. The molecule has 1 aliphatic carbocycles. The van der Waals surface area contributed by atoms with Gasteiger partial charge in [-0.3, -0.25) is 9.59 Å². The molecule has 2 N–H and O–H groups in total. The molecule has 0 bridgehead atoms. The molecule has 2 aliphatic rings. The van der Waals surface area contributed by atoms with Gasteiger partial charge in [-0.25, -0.2) is 8.42 Å². The van der Waals surface area contributed by atoms with Crippen LogP contribution in [0.1, 0.15) is 50.2 Å². The van der Waals surface area contributed by atoms with Crippen molar-refractivity contribution >= 4 is 49.3 Å². The van der Waals surface area contributed by atoms with Crippen LogP contribution in [0, 0.1) is 5.92 Å². The monoisotopic (exact) mass is 438 g/mol. The third-order valence-electron chi connectivity index (χ3n) is 5.28. The molecule has 1 fully saturated rings. The topological polar surface area (TPSA) is 92.3 Å². The summed E-state index contributed by atoms with van der Waals surface area (Å²) in [4.78, 5) is 27.4. The summed E-state index contributed by atoms with van der Waals surface area (Å²) >= 11 is 2.82. The number of carbonyl (C=O) groups excluding carboxylic acids is 2. The summed E-state index contributed by atoms with van der Waals surface area (Å²) in [6.07, 6.45) is 3.13. The van der Waals surface area contributed by atoms with Crippen molar-refractivity contribution in [3.63, 3.8) is 0 Å². The van der Waals surface area contributed by atoms with Gasteiger partial charge in [-0.2, -0.15) is 0 Å². The van der Waals surface area contributed by atoms with Crippen molar-refractivity contribution in [1.82, 2.24) is 5.32 Å². The number of carbonyl (C=O) groups is 2. The summed E-state index contributed by atoms with van der Waals surface area (Å²) in [6.45, 7) is 2.19. The zero-order chi connectivity index (χ0) is 19.9. The SMILES string of the molecule is C[C@H]1CCc2c(sc(NC(=O)c3cccs3)c2C(=O)N[C@@H]2CCS(=O)(=O)C2)C1. The molecule has 0 spiro atoms. The van der Waals surface area contributed by atoms with Crippen molar-refractivity contribution in [3.05, 3.63) is 38.4 Å². The Morgan fingerprint density at radius 1 is 1.21 bits per heavy atom. The number of amides is 2. The van der Waals surface area contributed by atoms with Crippen LogP contribution in [0.4, 0.5) is 5.00 Å². The second kappa shape index (κ2) is 7.61. The van der Waals surface area contributed by atoms with Crippen LogP contribution in [0.3, 0.4) is 0 Å². The number of nitrogens with one attached hydrogen (secondary N) is 2. The van der Waals surface area contributed by atoms with Gasteiger partial charge in [0, 0.05) is 10.9 Å². The van der Waals surface area contributed by atoms with Gasteiger partial charge in [0.2, 0.25) is 0 Å². The standard InChI is InChI=1S/C19H22N2O4S3/c1-11-4-5-13-15(9-11)27-19(21-17(22)14-3-2-7-26-14)16(13)18(23)20-12-6-8-28(24,25)10-12/h2-3,7,11-12H,4-6,8-10H2,1H3,(H,20,23)(H,21,22)/t11-,12+/m0/s1. The minimum Gasteiger partial charge on any atom is -0.348 e. The maximum atomic E-state index is 13.1. The van der Waals surface area contributed by atoms with Crippen LogP contribution in [0.5, 0.6) is 0 Å². The van der Waals surface area contributed by atoms with Crippen LogP contribution in [-0.4, -0.2) is 37.8 Å². The minimum atomic E-state index is -3.07. The van der Waals surface area contributed by atoms with Gasteiger partial charge < -0.3 is 10.6 Å². The van der Waals surface area contributed by atoms with Gasteiger partial charge in [-0.05, 0) is 48.6 Å². The highest BCUT2D eigenvalue weighted by Gasteiger charge is 2.33. The Morgan fingerprint density at radius 3 is 2.71 bits per heavy atom. The van der Waals surface area contributed by atoms with E-state index in [9.17, 15) is 18.0 Å². The van der Waals surface area contributed by atoms with Crippen LogP contribution < -0.4 is 10.6 Å². The lowest BCUT2D eigenvalue weighted by molar-refractivity contribution is 0.0941. The predicted molar refractivity (Wildman–Crippen MR) is 112 cm³/mol. The highest BCUT2D eigenvalue weighted by molar-refractivity contribution is 7.91. The van der Waals surface area contributed by atoms with E-state index in [-0.39, 0.29) is 29.4 Å². The highest BCUT2D eigenvalue weighted by Crippen LogP contribution is 2.40. The second-order valence-corrected chi connectivity index (χ2v) is 11.8. The van der Waals surface area contributed by atoms with Gasteiger partial charge in [0.25, 0.3) is 11.8 Å². The molecule has 3 heterocycles. The number of anilines is 1. The Bertz CT molecular complexity index is 1010. The number of fused-ring (bicyclic) bond motifs is 1. The second-order valence-electron chi connectivity index (χ2n) is 7.56. The van der Waals surface area contributed by atoms with Gasteiger partial charge in [-0.1, -0.05) is 13.0 Å². The van der Waals surface area contributed by atoms with E-state index in [0.717, 1.165) is 29.7 Å². The summed E-state index contributed by atoms with van der Waals surface area (Å²) in [7, 11) is -3.07. The molecule has 1 saturated heterocycles. The zero-order valence-corrected chi connectivity index (χ0v) is 17.9. The van der Waals surface area contributed by atoms with Crippen molar-refractivity contribution in [1.29, 1.82) is 0 Å². The first-order chi connectivity index (χ1) is 13.3. The summed E-state index contributed by atoms with van der Waals surface area (Å²) < 4.78 is 23.4. The first-order valence-electron chi connectivity index (χ1n) is 9.33. The third kappa shape index (κ3) is 4.01. The number of sulfone groups is 1. The molecule has 2 aromatic rings. The molecule has 150 valence electrons. The van der Waals surface area contributed by atoms with Crippen molar-refractivity contribution in [2.24, 2.45) is 5.92 Å². The molecule has 0 unspecified atom stereocenters. The Kier molecular flexibility index (Phi) is 5.32. The number of thiophene rings is 2. The number of hydrogen-bond donors (Lipinski definition) is 2. The molecule has 2 amide bonds. The van der Waals surface area contributed by atoms with E-state index in [1.807, 2.05) is 11.4 Å². The summed E-state index contributed by atoms with van der Waals surface area (Å²) in [5.41, 5.74) is 1.52. The molecule has 2 aromatic heterocycles. The number of rotatable bonds is 4. The van der Waals surface area contributed by atoms with E-state index in [1.54, 1.807) is 6.07 Å². The van der Waals surface area contributed by atoms with E-state index in [4.69, 9.17) is 0 Å². The number of hydrogen-bond acceptors (Lipinski definition) is 6. The van der Waals surface area contributed by atoms with Crippen molar-refractivity contribution in [3.8, 4) is 0 Å². The molecule has 4 rings (SSSR count). The molecular formula is C19H22N2O4S3. The van der Waals surface area contributed by atoms with E-state index in [1.165, 1.54) is 22.7 Å². The summed E-state index contributed by atoms with van der Waals surface area (Å²) in [5.74, 6) is 0.135. The van der Waals surface area contributed by atoms with Crippen LogP contribution in [0.25, 0.3) is 0 Å². The maximum absolute atomic E-state index is 13.1. The van der Waals surface area contributed by atoms with E-state index in [0.29, 0.717) is 27.8 Å². The van der Waals surface area contributed by atoms with Crippen molar-refractivity contribution in [2.75, 3.05) is 16.8 Å². The Balaban J connectivity index is 1.62. The summed E-state index contributed by atoms with van der Waals surface area (Å²) in [5, 5.41) is 8.21. The average Bonchev–Trinajstić information content (AvgIpc) is 3.33. The molecule has 0 radical (unpaired) electrons. The molecular weight excluding hydrogens is 416 g/mol. The first kappa shape index (κ1) is 19.6. The van der Waals surface area contributed by atoms with Crippen LogP contribution >= 0.6 is 22.7 Å². The fourth-order valence-electron chi connectivity index (χ4n) is 3.82. The minimum absolute atomic E-state index is 0.0149. The van der Waals surface area contributed by atoms with Gasteiger partial charge in [-0.15, -0.1) is 22.7 Å². The lowest BCUT2D eigenvalue weighted by Gasteiger charge is -2.19. The van der Waals surface area contributed by atoms with E-state index >= 15 is 0 Å². The fraction of sp³-hybridized carbons (Fsp3) is 0.474. The maximum Gasteiger partial charge on any atom is 0.266 e. The van der Waals surface area contributed by atoms with Crippen molar-refractivity contribution in [2.45, 2.75) is 38.6 Å². The van der Waals surface area contributed by atoms with Crippen LogP contribution in [-0.2, 0) is 22.7 Å². The van der Waals surface area contributed by atoms with Gasteiger partial charge in [0.05, 0.1) is 21.9 Å². The molecule has 1 aliphatic heterocycles. The fourth-order valence-corrected chi connectivity index (χ4v) is 7.51. The lowest BCUT2D eigenvalue weighted by atomic mass is 9.88. The van der Waals surface area contributed by atoms with Crippen LogP contribution in [0.2, 0.25) is 0 Å². The molecule has 0 aromatic carbocycles. The Labute approximate surface area is 172 Å². The molecule has 2 atom stereocenters. The first-order valence-corrected chi connectivity index (χ1v) is 12.8. The largest absolute Gasteiger partial charge is 0.348 e. The average molecular weight is 439 g/mol. The Hall–Kier alpha value is -1.71. The smallest absolute Gasteiger partial charge is 0.266 e. The summed E-state index contributed by atoms with van der Waals surface area (Å²) in [6, 6.07) is 3.20. The van der Waals surface area contributed by atoms with Gasteiger partial charge >= 0.3 is 0 Å². The normalized spacial score (nSPS) is 23.2. The molecule has 0 saturated carbocycles. The van der Waals surface area contributed by atoms with Gasteiger partial charge in [0.1, 0.15) is 5.00 Å². The van der Waals surface area contributed by atoms with E-state index < -0.39 is 9.84 Å². The molecule has 6 nitrogen and oxygen atoms in total. The third-order valence-corrected chi connectivity index (χ3v) is 9.08. The van der Waals surface area contributed by atoms with Crippen molar-refractivity contribution < 1.29 is 18.0 Å². The molecule has 28 heavy (non-hydrogen) atoms. The highest BCUT2D eigenvalue weighted by atomic mass is 32.2. The van der Waals surface area contributed by atoms with Gasteiger partial charge in [0.15, 0.2) is 9.84 Å². The van der Waals surface area contributed by atoms with Crippen LogP contribution in [0.15, 0.2) is 17.5 Å². The lowest BCUT2D eigenvalue weighted by Crippen LogP contribution is -2.36.